The minimum atomic E-state index is -0.417. The van der Waals surface area contributed by atoms with Crippen LogP contribution in [0.1, 0.15) is 26.3 Å². The summed E-state index contributed by atoms with van der Waals surface area (Å²) >= 11 is 5.88. The van der Waals surface area contributed by atoms with E-state index in [0.29, 0.717) is 5.75 Å². The van der Waals surface area contributed by atoms with Crippen molar-refractivity contribution in [3.63, 3.8) is 0 Å². The molecule has 0 radical (unpaired) electrons. The van der Waals surface area contributed by atoms with E-state index in [0.717, 1.165) is 5.56 Å². The van der Waals surface area contributed by atoms with Crippen LogP contribution in [-0.4, -0.2) is 9.97 Å². The monoisotopic (exact) mass is 278 g/mol. The largest absolute Gasteiger partial charge is 0.437 e. The summed E-state index contributed by atoms with van der Waals surface area (Å²) in [5, 5.41) is -0.0498. The number of ether oxygens (including phenoxy) is 1. The Balaban J connectivity index is 2.45. The van der Waals surface area contributed by atoms with Gasteiger partial charge in [0.1, 0.15) is 5.75 Å². The van der Waals surface area contributed by atoms with Gasteiger partial charge in [-0.15, -0.1) is 0 Å². The van der Waals surface area contributed by atoms with Crippen LogP contribution in [0.2, 0.25) is 5.02 Å². The fraction of sp³-hybridized carbons (Fsp3) is 0.286. The van der Waals surface area contributed by atoms with Gasteiger partial charge in [-0.25, -0.2) is 4.98 Å². The second-order valence-electron chi connectivity index (χ2n) is 5.20. The van der Waals surface area contributed by atoms with Gasteiger partial charge in [0.15, 0.2) is 5.02 Å². The third kappa shape index (κ3) is 2.96. The molecule has 0 fully saturated rings. The molecule has 0 aliphatic carbocycles. The van der Waals surface area contributed by atoms with Crippen LogP contribution < -0.4 is 10.3 Å². The summed E-state index contributed by atoms with van der Waals surface area (Å²) in [5.74, 6) is 0.761. The Morgan fingerprint density at radius 3 is 2.63 bits per heavy atom. The Labute approximate surface area is 116 Å². The van der Waals surface area contributed by atoms with E-state index in [-0.39, 0.29) is 16.3 Å². The molecule has 1 aromatic carbocycles. The zero-order valence-corrected chi connectivity index (χ0v) is 11.8. The summed E-state index contributed by atoms with van der Waals surface area (Å²) in [5.41, 5.74) is 0.526. The molecule has 0 saturated heterocycles. The number of rotatable bonds is 2. The molecule has 2 aromatic rings. The topological polar surface area (TPSA) is 55.0 Å². The highest BCUT2D eigenvalue weighted by Gasteiger charge is 2.20. The fourth-order valence-electron chi connectivity index (χ4n) is 1.72. The third-order valence-electron chi connectivity index (χ3n) is 2.67. The number of aromatic amines is 1. The van der Waals surface area contributed by atoms with Crippen LogP contribution in [0.3, 0.4) is 0 Å². The Morgan fingerprint density at radius 2 is 1.95 bits per heavy atom. The van der Waals surface area contributed by atoms with Crippen LogP contribution in [0, 0.1) is 0 Å². The summed E-state index contributed by atoms with van der Waals surface area (Å²) < 4.78 is 5.68. The number of H-pyrrole nitrogens is 1. The average molecular weight is 279 g/mol. The van der Waals surface area contributed by atoms with Gasteiger partial charge in [0.25, 0.3) is 5.56 Å². The Kier molecular flexibility index (Phi) is 3.62. The highest BCUT2D eigenvalue weighted by atomic mass is 35.5. The zero-order valence-electron chi connectivity index (χ0n) is 11.0. The van der Waals surface area contributed by atoms with Gasteiger partial charge in [0, 0.05) is 5.56 Å². The second kappa shape index (κ2) is 5.05. The minimum Gasteiger partial charge on any atom is -0.437 e. The number of para-hydroxylation sites is 1. The second-order valence-corrected chi connectivity index (χ2v) is 5.58. The first-order chi connectivity index (χ1) is 8.89. The van der Waals surface area contributed by atoms with Gasteiger partial charge in [0.2, 0.25) is 5.88 Å². The standard InChI is InChI=1S/C14H15ClN2O2/c1-14(2,3)9-6-4-5-7-10(9)19-13-11(15)12(18)16-8-17-13/h4-8H,1-3H3,(H,16,17,18). The SMILES string of the molecule is CC(C)(C)c1ccccc1Oc1nc[nH]c(=O)c1Cl. The molecule has 2 rings (SSSR count). The van der Waals surface area contributed by atoms with Crippen LogP contribution in [0.15, 0.2) is 35.4 Å². The Hall–Kier alpha value is -1.81. The lowest BCUT2D eigenvalue weighted by atomic mass is 9.86. The van der Waals surface area contributed by atoms with Gasteiger partial charge >= 0.3 is 0 Å². The maximum absolute atomic E-state index is 11.4. The molecule has 1 N–H and O–H groups in total. The maximum Gasteiger partial charge on any atom is 0.273 e. The first-order valence-electron chi connectivity index (χ1n) is 5.90. The summed E-state index contributed by atoms with van der Waals surface area (Å²) in [6.07, 6.45) is 1.27. The molecule has 0 amide bonds. The van der Waals surface area contributed by atoms with Crippen LogP contribution >= 0.6 is 11.6 Å². The smallest absolute Gasteiger partial charge is 0.273 e. The van der Waals surface area contributed by atoms with Crippen LogP contribution in [0.5, 0.6) is 11.6 Å². The lowest BCUT2D eigenvalue weighted by Gasteiger charge is -2.22. The molecular weight excluding hydrogens is 264 g/mol. The van der Waals surface area contributed by atoms with Crippen LogP contribution in [-0.2, 0) is 5.41 Å². The van der Waals surface area contributed by atoms with E-state index < -0.39 is 5.56 Å². The van der Waals surface area contributed by atoms with Crippen LogP contribution in [0.25, 0.3) is 0 Å². The molecule has 1 aromatic heterocycles. The average Bonchev–Trinajstić information content (AvgIpc) is 2.34. The van der Waals surface area contributed by atoms with Crippen molar-refractivity contribution in [1.29, 1.82) is 0 Å². The first-order valence-corrected chi connectivity index (χ1v) is 6.28. The molecule has 0 aliphatic rings. The number of hydrogen-bond donors (Lipinski definition) is 1. The van der Waals surface area contributed by atoms with Crippen molar-refractivity contribution >= 4 is 11.6 Å². The molecule has 0 aliphatic heterocycles. The molecule has 19 heavy (non-hydrogen) atoms. The lowest BCUT2D eigenvalue weighted by Crippen LogP contribution is -2.13. The molecule has 0 spiro atoms. The highest BCUT2D eigenvalue weighted by Crippen LogP contribution is 2.34. The van der Waals surface area contributed by atoms with E-state index in [2.05, 4.69) is 30.7 Å². The van der Waals surface area contributed by atoms with E-state index in [1.165, 1.54) is 6.33 Å². The number of halogens is 1. The summed E-state index contributed by atoms with van der Waals surface area (Å²) in [4.78, 5) is 17.7. The minimum absolute atomic E-state index is 0.0498. The molecule has 0 saturated carbocycles. The third-order valence-corrected chi connectivity index (χ3v) is 3.00. The Bertz CT molecular complexity index is 644. The van der Waals surface area contributed by atoms with E-state index in [1.807, 2.05) is 24.3 Å². The van der Waals surface area contributed by atoms with E-state index >= 15 is 0 Å². The summed E-state index contributed by atoms with van der Waals surface area (Å²) in [6.45, 7) is 6.26. The summed E-state index contributed by atoms with van der Waals surface area (Å²) in [7, 11) is 0. The van der Waals surface area contributed by atoms with Gasteiger partial charge in [0.05, 0.1) is 6.33 Å². The fourth-order valence-corrected chi connectivity index (χ4v) is 1.86. The van der Waals surface area contributed by atoms with Crippen molar-refractivity contribution in [3.05, 3.63) is 51.5 Å². The van der Waals surface area contributed by atoms with Crippen molar-refractivity contribution in [2.45, 2.75) is 26.2 Å². The molecular formula is C14H15ClN2O2. The maximum atomic E-state index is 11.4. The van der Waals surface area contributed by atoms with Gasteiger partial charge in [-0.2, -0.15) is 0 Å². The molecule has 0 atom stereocenters. The molecule has 0 bridgehead atoms. The van der Waals surface area contributed by atoms with Crippen molar-refractivity contribution in [2.24, 2.45) is 0 Å². The quantitative estimate of drug-likeness (QED) is 0.914. The van der Waals surface area contributed by atoms with Gasteiger partial charge < -0.3 is 9.72 Å². The molecule has 100 valence electrons. The van der Waals surface area contributed by atoms with E-state index in [1.54, 1.807) is 0 Å². The predicted molar refractivity (Wildman–Crippen MR) is 75.1 cm³/mol. The number of aromatic nitrogens is 2. The van der Waals surface area contributed by atoms with Crippen molar-refractivity contribution in [1.82, 2.24) is 9.97 Å². The predicted octanol–water partition coefficient (Wildman–Crippen LogP) is 3.51. The van der Waals surface area contributed by atoms with Crippen molar-refractivity contribution in [3.8, 4) is 11.6 Å². The number of nitrogens with one attached hydrogen (secondary N) is 1. The van der Waals surface area contributed by atoms with Gasteiger partial charge in [-0.05, 0) is 11.5 Å². The van der Waals surface area contributed by atoms with E-state index in [4.69, 9.17) is 16.3 Å². The normalized spacial score (nSPS) is 11.4. The van der Waals surface area contributed by atoms with Crippen LogP contribution in [0.4, 0.5) is 0 Å². The number of nitrogens with zero attached hydrogens (tertiary/aromatic N) is 1. The van der Waals surface area contributed by atoms with Gasteiger partial charge in [-0.1, -0.05) is 50.6 Å². The summed E-state index contributed by atoms with van der Waals surface area (Å²) in [6, 6.07) is 7.63. The van der Waals surface area contributed by atoms with E-state index in [9.17, 15) is 4.79 Å². The first kappa shape index (κ1) is 13.6. The zero-order chi connectivity index (χ0) is 14.0. The number of benzene rings is 1. The molecule has 0 unspecified atom stereocenters. The highest BCUT2D eigenvalue weighted by molar-refractivity contribution is 6.31. The molecule has 1 heterocycles. The van der Waals surface area contributed by atoms with Gasteiger partial charge in [-0.3, -0.25) is 4.79 Å². The van der Waals surface area contributed by atoms with Crippen molar-refractivity contribution in [2.75, 3.05) is 0 Å². The molecule has 4 nitrogen and oxygen atoms in total. The lowest BCUT2D eigenvalue weighted by molar-refractivity contribution is 0.438. The van der Waals surface area contributed by atoms with Crippen molar-refractivity contribution < 1.29 is 4.74 Å². The molecule has 5 heteroatoms. The number of hydrogen-bond acceptors (Lipinski definition) is 3. The Morgan fingerprint density at radius 1 is 1.26 bits per heavy atom.